The topological polar surface area (TPSA) is 0 Å². The molecule has 1 aliphatic carbocycles. The van der Waals surface area contributed by atoms with Gasteiger partial charge in [0.2, 0.25) is 0 Å². The molecule has 0 aromatic heterocycles. The van der Waals surface area contributed by atoms with E-state index in [0.717, 1.165) is 6.42 Å². The summed E-state index contributed by atoms with van der Waals surface area (Å²) in [6.07, 6.45) is 5.67. The first kappa shape index (κ1) is 17.3. The van der Waals surface area contributed by atoms with Crippen molar-refractivity contribution < 1.29 is 0 Å². The zero-order chi connectivity index (χ0) is 16.9. The van der Waals surface area contributed by atoms with Crippen molar-refractivity contribution in [3.05, 3.63) is 83.4 Å². The predicted octanol–water partition coefficient (Wildman–Crippen LogP) is 6.88. The lowest BCUT2D eigenvalue weighted by Gasteiger charge is -2.19. The Bertz CT molecular complexity index is 677. The normalized spacial score (nSPS) is 13.8. The fraction of sp³-hybridized carbons (Fsp3) is 0.304. The highest BCUT2D eigenvalue weighted by atomic mass is 14.2. The van der Waals surface area contributed by atoms with E-state index in [4.69, 9.17) is 0 Å². The zero-order valence-corrected chi connectivity index (χ0v) is 15.1. The second-order valence-corrected chi connectivity index (χ2v) is 6.73. The lowest BCUT2D eigenvalue weighted by Crippen LogP contribution is -2.10. The van der Waals surface area contributed by atoms with Crippen LogP contribution in [-0.4, -0.2) is 0 Å². The highest BCUT2D eigenvalue weighted by Crippen LogP contribution is 2.33. The van der Waals surface area contributed by atoms with Crippen molar-refractivity contribution in [3.63, 3.8) is 0 Å². The molecule has 0 atom stereocenters. The Balaban J connectivity index is 0.000000924. The van der Waals surface area contributed by atoms with E-state index in [0.29, 0.717) is 0 Å². The maximum absolute atomic E-state index is 2.32. The van der Waals surface area contributed by atoms with Gasteiger partial charge in [-0.25, -0.2) is 0 Å². The molecule has 0 saturated carbocycles. The standard InChI is InChI=1S/C21H22.C2H6/c1-21(2,3)20-13-11-17(12-14-20)19-10-9-18(15-19)16-7-5-4-6-8-16;1-2/h4-9,11-15H,10H2,1-3H3;1-2H3. The number of hydrogen-bond acceptors (Lipinski definition) is 0. The smallest absolute Gasteiger partial charge is 0.00821 e. The zero-order valence-electron chi connectivity index (χ0n) is 15.1. The Hall–Kier alpha value is -2.08. The van der Waals surface area contributed by atoms with E-state index in [1.807, 2.05) is 13.8 Å². The Morgan fingerprint density at radius 1 is 0.739 bits per heavy atom. The largest absolute Gasteiger partial charge is 0.0722 e. The van der Waals surface area contributed by atoms with Gasteiger partial charge < -0.3 is 0 Å². The Kier molecular flexibility index (Phi) is 5.60. The quantitative estimate of drug-likeness (QED) is 0.567. The molecule has 23 heavy (non-hydrogen) atoms. The third kappa shape index (κ3) is 4.22. The maximum Gasteiger partial charge on any atom is -0.00821 e. The summed E-state index contributed by atoms with van der Waals surface area (Å²) in [5.41, 5.74) is 7.00. The molecule has 0 radical (unpaired) electrons. The highest BCUT2D eigenvalue weighted by molar-refractivity contribution is 5.89. The van der Waals surface area contributed by atoms with Gasteiger partial charge >= 0.3 is 0 Å². The van der Waals surface area contributed by atoms with Gasteiger partial charge in [-0.3, -0.25) is 0 Å². The fourth-order valence-electron chi connectivity index (χ4n) is 2.74. The second-order valence-electron chi connectivity index (χ2n) is 6.73. The van der Waals surface area contributed by atoms with Gasteiger partial charge in [-0.2, -0.15) is 0 Å². The molecule has 0 amide bonds. The summed E-state index contributed by atoms with van der Waals surface area (Å²) in [6.45, 7) is 10.8. The molecule has 120 valence electrons. The van der Waals surface area contributed by atoms with Crippen LogP contribution in [0.1, 0.15) is 57.7 Å². The first-order valence-electron chi connectivity index (χ1n) is 8.61. The number of allylic oxidation sites excluding steroid dienone is 4. The molecule has 0 bridgehead atoms. The van der Waals surface area contributed by atoms with Gasteiger partial charge in [0, 0.05) is 0 Å². The predicted molar refractivity (Wildman–Crippen MR) is 104 cm³/mol. The first-order chi connectivity index (χ1) is 11.0. The molecule has 2 aromatic rings. The highest BCUT2D eigenvalue weighted by Gasteiger charge is 2.14. The first-order valence-corrected chi connectivity index (χ1v) is 8.61. The van der Waals surface area contributed by atoms with Crippen LogP contribution in [0.15, 0.2) is 66.7 Å². The van der Waals surface area contributed by atoms with Crippen molar-refractivity contribution in [2.24, 2.45) is 0 Å². The summed E-state index contributed by atoms with van der Waals surface area (Å²) in [5, 5.41) is 0. The van der Waals surface area contributed by atoms with Crippen LogP contribution in [0.2, 0.25) is 0 Å². The fourth-order valence-corrected chi connectivity index (χ4v) is 2.74. The van der Waals surface area contributed by atoms with E-state index in [1.54, 1.807) is 0 Å². The summed E-state index contributed by atoms with van der Waals surface area (Å²) < 4.78 is 0. The van der Waals surface area contributed by atoms with Gasteiger partial charge in [-0.05, 0) is 39.7 Å². The minimum Gasteiger partial charge on any atom is -0.0722 e. The molecule has 0 heteroatoms. The van der Waals surface area contributed by atoms with Crippen LogP contribution in [0, 0.1) is 0 Å². The SMILES string of the molecule is CC.CC(C)(C)c1ccc(C2=CC(c3ccccc3)=CC2)cc1. The Morgan fingerprint density at radius 3 is 1.91 bits per heavy atom. The molecule has 0 saturated heterocycles. The summed E-state index contributed by atoms with van der Waals surface area (Å²) in [6, 6.07) is 19.6. The number of benzene rings is 2. The maximum atomic E-state index is 2.32. The van der Waals surface area contributed by atoms with Crippen molar-refractivity contribution in [3.8, 4) is 0 Å². The van der Waals surface area contributed by atoms with E-state index >= 15 is 0 Å². The molecule has 0 fully saturated rings. The molecule has 0 unspecified atom stereocenters. The summed E-state index contributed by atoms with van der Waals surface area (Å²) in [4.78, 5) is 0. The molecule has 1 aliphatic rings. The van der Waals surface area contributed by atoms with Crippen molar-refractivity contribution in [2.75, 3.05) is 0 Å². The van der Waals surface area contributed by atoms with Crippen LogP contribution in [-0.2, 0) is 5.41 Å². The molecular formula is C23H28. The van der Waals surface area contributed by atoms with E-state index in [1.165, 1.54) is 27.8 Å². The summed E-state index contributed by atoms with van der Waals surface area (Å²) in [7, 11) is 0. The van der Waals surface area contributed by atoms with E-state index in [2.05, 4.69) is 87.5 Å². The van der Waals surface area contributed by atoms with Gasteiger partial charge in [-0.15, -0.1) is 0 Å². The third-order valence-electron chi connectivity index (χ3n) is 4.10. The van der Waals surface area contributed by atoms with Gasteiger partial charge in [0.05, 0.1) is 0 Å². The van der Waals surface area contributed by atoms with Crippen molar-refractivity contribution in [1.29, 1.82) is 0 Å². The minimum atomic E-state index is 0.218. The average Bonchev–Trinajstić information content (AvgIpc) is 3.07. The molecule has 2 aromatic carbocycles. The second kappa shape index (κ2) is 7.46. The van der Waals surface area contributed by atoms with Crippen LogP contribution >= 0.6 is 0 Å². The monoisotopic (exact) mass is 304 g/mol. The van der Waals surface area contributed by atoms with Gasteiger partial charge in [0.1, 0.15) is 0 Å². The van der Waals surface area contributed by atoms with Gasteiger partial charge in [0.25, 0.3) is 0 Å². The van der Waals surface area contributed by atoms with Crippen LogP contribution in [0.5, 0.6) is 0 Å². The van der Waals surface area contributed by atoms with Crippen molar-refractivity contribution >= 4 is 11.1 Å². The molecule has 3 rings (SSSR count). The van der Waals surface area contributed by atoms with Gasteiger partial charge in [0.15, 0.2) is 0 Å². The van der Waals surface area contributed by atoms with Crippen molar-refractivity contribution in [1.82, 2.24) is 0 Å². The Labute approximate surface area is 141 Å². The molecule has 0 aliphatic heterocycles. The third-order valence-corrected chi connectivity index (χ3v) is 4.10. The van der Waals surface area contributed by atoms with E-state index < -0.39 is 0 Å². The molecule has 0 heterocycles. The van der Waals surface area contributed by atoms with Crippen LogP contribution in [0.4, 0.5) is 0 Å². The summed E-state index contributed by atoms with van der Waals surface area (Å²) >= 11 is 0. The van der Waals surface area contributed by atoms with Crippen LogP contribution in [0.3, 0.4) is 0 Å². The molecule has 0 nitrogen and oxygen atoms in total. The van der Waals surface area contributed by atoms with E-state index in [-0.39, 0.29) is 5.41 Å². The Morgan fingerprint density at radius 2 is 1.35 bits per heavy atom. The number of hydrogen-bond donors (Lipinski definition) is 0. The van der Waals surface area contributed by atoms with E-state index in [9.17, 15) is 0 Å². The van der Waals surface area contributed by atoms with Crippen LogP contribution in [0.25, 0.3) is 11.1 Å². The van der Waals surface area contributed by atoms with Gasteiger partial charge in [-0.1, -0.05) is 101 Å². The van der Waals surface area contributed by atoms with Crippen LogP contribution < -0.4 is 0 Å². The summed E-state index contributed by atoms with van der Waals surface area (Å²) in [5.74, 6) is 0. The minimum absolute atomic E-state index is 0.218. The average molecular weight is 304 g/mol. The lowest BCUT2D eigenvalue weighted by molar-refractivity contribution is 0.590. The number of rotatable bonds is 2. The molecular weight excluding hydrogens is 276 g/mol. The molecule has 0 spiro atoms. The lowest BCUT2D eigenvalue weighted by atomic mass is 9.86. The molecule has 0 N–H and O–H groups in total. The van der Waals surface area contributed by atoms with Crippen molar-refractivity contribution in [2.45, 2.75) is 46.5 Å².